The number of phenolic OH excluding ortho intramolecular Hbond substituents is 2. The highest BCUT2D eigenvalue weighted by atomic mass is 16.3. The number of nitrogens with one attached hydrogen (secondary N) is 1. The van der Waals surface area contributed by atoms with E-state index in [0.29, 0.717) is 12.1 Å². The molecule has 0 saturated carbocycles. The minimum atomic E-state index is -0.204. The number of hydrogen-bond acceptors (Lipinski definition) is 3. The first-order valence-corrected chi connectivity index (χ1v) is 11.1. The summed E-state index contributed by atoms with van der Waals surface area (Å²) in [7, 11) is 0. The molecule has 4 nitrogen and oxygen atoms in total. The van der Waals surface area contributed by atoms with Crippen LogP contribution >= 0.6 is 0 Å². The molecule has 0 aliphatic rings. The second kappa shape index (κ2) is 9.93. The predicted molar refractivity (Wildman–Crippen MR) is 131 cm³/mol. The summed E-state index contributed by atoms with van der Waals surface area (Å²) in [6.07, 6.45) is 9.81. The first kappa shape index (κ1) is 26.8. The molecule has 3 N–H and O–H groups in total. The van der Waals surface area contributed by atoms with Crippen LogP contribution in [0.4, 0.5) is 0 Å². The molecule has 1 amide bonds. The van der Waals surface area contributed by atoms with Gasteiger partial charge in [-0.2, -0.15) is 0 Å². The maximum atomic E-state index is 12.2. The Bertz CT molecular complexity index is 808. The fraction of sp³-hybridized carbons (Fsp3) is 0.593. The van der Waals surface area contributed by atoms with Gasteiger partial charge in [0.2, 0.25) is 5.91 Å². The molecule has 0 spiro atoms. The molecule has 0 aromatic heterocycles. The number of benzene rings is 1. The van der Waals surface area contributed by atoms with Crippen molar-refractivity contribution in [3.8, 4) is 11.5 Å². The molecule has 0 aliphatic heterocycles. The quantitative estimate of drug-likeness (QED) is 0.233. The van der Waals surface area contributed by atoms with E-state index < -0.39 is 0 Å². The van der Waals surface area contributed by atoms with E-state index in [1.54, 1.807) is 12.1 Å². The molecule has 0 unspecified atom stereocenters. The van der Waals surface area contributed by atoms with Gasteiger partial charge < -0.3 is 15.5 Å². The topological polar surface area (TPSA) is 69.6 Å². The van der Waals surface area contributed by atoms with E-state index in [2.05, 4.69) is 79.8 Å². The number of allylic oxidation sites excluding steroid dienone is 2. The Hall–Kier alpha value is -2.23. The van der Waals surface area contributed by atoms with E-state index in [-0.39, 0.29) is 39.1 Å². The average Bonchev–Trinajstić information content (AvgIpc) is 2.57. The number of carbonyl (C=O) groups excluding carboxylic acids is 1. The highest BCUT2D eigenvalue weighted by molar-refractivity contribution is 5.91. The van der Waals surface area contributed by atoms with Crippen LogP contribution in [0.3, 0.4) is 0 Å². The van der Waals surface area contributed by atoms with Gasteiger partial charge in [-0.3, -0.25) is 4.79 Å². The molecule has 31 heavy (non-hydrogen) atoms. The van der Waals surface area contributed by atoms with E-state index in [1.807, 2.05) is 0 Å². The lowest BCUT2D eigenvalue weighted by Crippen LogP contribution is -2.35. The summed E-state index contributed by atoms with van der Waals surface area (Å²) in [5, 5.41) is 21.9. The third-order valence-corrected chi connectivity index (χ3v) is 5.07. The monoisotopic (exact) mass is 429 g/mol. The van der Waals surface area contributed by atoms with Gasteiger partial charge in [-0.1, -0.05) is 80.5 Å². The summed E-state index contributed by atoms with van der Waals surface area (Å²) in [5.74, 6) is -0.563. The van der Waals surface area contributed by atoms with E-state index in [4.69, 9.17) is 0 Å². The van der Waals surface area contributed by atoms with Gasteiger partial charge in [0.15, 0.2) is 11.5 Å². The largest absolute Gasteiger partial charge is 0.504 e. The highest BCUT2D eigenvalue weighted by Gasteiger charge is 2.29. The third-order valence-electron chi connectivity index (χ3n) is 5.07. The summed E-state index contributed by atoms with van der Waals surface area (Å²) >= 11 is 0. The minimum absolute atomic E-state index is 0.0167. The van der Waals surface area contributed by atoms with Crippen LogP contribution < -0.4 is 5.32 Å². The van der Waals surface area contributed by atoms with Crippen LogP contribution in [0.2, 0.25) is 0 Å². The van der Waals surface area contributed by atoms with Crippen molar-refractivity contribution in [1.29, 1.82) is 0 Å². The Morgan fingerprint density at radius 3 is 1.94 bits per heavy atom. The average molecular weight is 430 g/mol. The van der Waals surface area contributed by atoms with Crippen molar-refractivity contribution >= 4 is 12.0 Å². The van der Waals surface area contributed by atoms with Crippen LogP contribution in [0.5, 0.6) is 11.5 Å². The fourth-order valence-electron chi connectivity index (χ4n) is 4.43. The molecule has 0 radical (unpaired) electrons. The van der Waals surface area contributed by atoms with Crippen LogP contribution in [-0.4, -0.2) is 22.7 Å². The maximum absolute atomic E-state index is 12.2. The molecule has 1 rings (SSSR count). The highest BCUT2D eigenvalue weighted by Crippen LogP contribution is 2.38. The SMILES string of the molecule is CC(C)(C)CC(C)(C)/C=C\C(C)(C)CC(C)(C)CNC(=O)/C=C/c1ccc(O)c(O)c1. The summed E-state index contributed by atoms with van der Waals surface area (Å²) in [6.45, 7) is 20.8. The zero-order valence-corrected chi connectivity index (χ0v) is 21.0. The van der Waals surface area contributed by atoms with Gasteiger partial charge >= 0.3 is 0 Å². The second-order valence-corrected chi connectivity index (χ2v) is 12.2. The molecule has 4 heteroatoms. The van der Waals surface area contributed by atoms with Crippen LogP contribution in [0, 0.1) is 21.7 Å². The molecule has 0 atom stereocenters. The predicted octanol–water partition coefficient (Wildman–Crippen LogP) is 6.69. The lowest BCUT2D eigenvalue weighted by atomic mass is 9.72. The van der Waals surface area contributed by atoms with Crippen molar-refractivity contribution in [3.05, 3.63) is 42.0 Å². The Labute approximate surface area is 189 Å². The van der Waals surface area contributed by atoms with E-state index in [1.165, 1.54) is 18.2 Å². The van der Waals surface area contributed by atoms with Crippen LogP contribution in [0.1, 0.15) is 80.7 Å². The van der Waals surface area contributed by atoms with Gasteiger partial charge in [0.25, 0.3) is 0 Å². The molecule has 0 aliphatic carbocycles. The molecule has 1 aromatic carbocycles. The third kappa shape index (κ3) is 11.1. The number of rotatable bonds is 9. The second-order valence-electron chi connectivity index (χ2n) is 12.2. The van der Waals surface area contributed by atoms with Gasteiger partial charge in [-0.15, -0.1) is 0 Å². The number of amides is 1. The van der Waals surface area contributed by atoms with Crippen LogP contribution in [-0.2, 0) is 4.79 Å². The Morgan fingerprint density at radius 1 is 0.871 bits per heavy atom. The summed E-state index contributed by atoms with van der Waals surface area (Å²) in [6, 6.07) is 4.45. The van der Waals surface area contributed by atoms with Crippen molar-refractivity contribution in [2.24, 2.45) is 21.7 Å². The van der Waals surface area contributed by atoms with Gasteiger partial charge in [0.05, 0.1) is 0 Å². The Morgan fingerprint density at radius 2 is 1.42 bits per heavy atom. The molecule has 0 fully saturated rings. The standard InChI is InChI=1S/C27H43NO3/c1-24(2,3)17-25(4,5)14-15-26(6,7)18-27(8,9)19-28-23(31)13-11-20-10-12-21(29)22(30)16-20/h10-16,29-30H,17-19H2,1-9H3,(H,28,31)/b13-11+,15-14-. The van der Waals surface area contributed by atoms with Crippen molar-refractivity contribution in [1.82, 2.24) is 5.32 Å². The lowest BCUT2D eigenvalue weighted by molar-refractivity contribution is -0.116. The number of phenols is 2. The smallest absolute Gasteiger partial charge is 0.244 e. The summed E-state index contributed by atoms with van der Waals surface area (Å²) in [4.78, 5) is 12.2. The van der Waals surface area contributed by atoms with E-state index >= 15 is 0 Å². The van der Waals surface area contributed by atoms with Crippen molar-refractivity contribution in [2.75, 3.05) is 6.54 Å². The maximum Gasteiger partial charge on any atom is 0.244 e. The van der Waals surface area contributed by atoms with Crippen LogP contribution in [0.25, 0.3) is 6.08 Å². The number of hydrogen-bond donors (Lipinski definition) is 3. The fourth-order valence-corrected chi connectivity index (χ4v) is 4.43. The molecule has 0 saturated heterocycles. The first-order chi connectivity index (χ1) is 13.9. The zero-order chi connectivity index (χ0) is 24.1. The number of aromatic hydroxyl groups is 2. The Balaban J connectivity index is 2.66. The van der Waals surface area contributed by atoms with Gasteiger partial charge in [-0.25, -0.2) is 0 Å². The molecule has 1 aromatic rings. The Kier molecular flexibility index (Phi) is 8.59. The van der Waals surface area contributed by atoms with Gasteiger partial charge in [-0.05, 0) is 58.3 Å². The molecule has 174 valence electrons. The molecular formula is C27H43NO3. The molecule has 0 bridgehead atoms. The number of carbonyl (C=O) groups is 1. The summed E-state index contributed by atoms with van der Waals surface area (Å²) in [5.41, 5.74) is 1.02. The van der Waals surface area contributed by atoms with E-state index in [0.717, 1.165) is 12.8 Å². The summed E-state index contributed by atoms with van der Waals surface area (Å²) < 4.78 is 0. The lowest BCUT2D eigenvalue weighted by Gasteiger charge is -2.35. The van der Waals surface area contributed by atoms with Gasteiger partial charge in [0, 0.05) is 12.6 Å². The van der Waals surface area contributed by atoms with Crippen molar-refractivity contribution in [2.45, 2.75) is 75.2 Å². The van der Waals surface area contributed by atoms with Crippen molar-refractivity contribution < 1.29 is 15.0 Å². The first-order valence-electron chi connectivity index (χ1n) is 11.1. The minimum Gasteiger partial charge on any atom is -0.504 e. The van der Waals surface area contributed by atoms with E-state index in [9.17, 15) is 15.0 Å². The van der Waals surface area contributed by atoms with Crippen molar-refractivity contribution in [3.63, 3.8) is 0 Å². The molecule has 0 heterocycles. The van der Waals surface area contributed by atoms with Gasteiger partial charge in [0.1, 0.15) is 0 Å². The normalized spacial score (nSPS) is 13.8. The zero-order valence-electron chi connectivity index (χ0n) is 21.0. The molecular weight excluding hydrogens is 386 g/mol. The van der Waals surface area contributed by atoms with Crippen LogP contribution in [0.15, 0.2) is 36.4 Å².